The fourth-order valence-electron chi connectivity index (χ4n) is 6.42. The summed E-state index contributed by atoms with van der Waals surface area (Å²) >= 11 is 1.47. The van der Waals surface area contributed by atoms with Crippen LogP contribution in [0, 0.1) is 5.41 Å². The number of methoxy groups -OCH3 is 1. The fourth-order valence-corrected chi connectivity index (χ4v) is 6.77. The van der Waals surface area contributed by atoms with E-state index < -0.39 is 6.04 Å². The van der Waals surface area contributed by atoms with Crippen molar-refractivity contribution in [2.24, 2.45) is 5.41 Å². The van der Waals surface area contributed by atoms with E-state index in [1.807, 2.05) is 21.9 Å². The molecule has 1 N–H and O–H groups in total. The second-order valence-corrected chi connectivity index (χ2v) is 12.4. The zero-order valence-electron chi connectivity index (χ0n) is 22.4. The first-order chi connectivity index (χ1) is 16.9. The molecule has 9 heteroatoms. The molecule has 192 valence electrons. The first-order valence-corrected chi connectivity index (χ1v) is 13.7. The van der Waals surface area contributed by atoms with Gasteiger partial charge in [0.1, 0.15) is 11.8 Å². The van der Waals surface area contributed by atoms with Gasteiger partial charge in [-0.2, -0.15) is 4.98 Å². The van der Waals surface area contributed by atoms with Crippen LogP contribution in [0.2, 0.25) is 0 Å². The van der Waals surface area contributed by atoms with Gasteiger partial charge in [0.2, 0.25) is 17.0 Å². The second-order valence-electron chi connectivity index (χ2n) is 11.7. The third-order valence-corrected chi connectivity index (χ3v) is 8.20. The van der Waals surface area contributed by atoms with Crippen LogP contribution in [0.4, 0.5) is 11.6 Å². The number of aromatic nitrogens is 3. The van der Waals surface area contributed by atoms with Gasteiger partial charge >= 0.3 is 0 Å². The molecular formula is C27H35N5O3S. The molecule has 0 bridgehead atoms. The number of thioether (sulfide) groups is 1. The summed E-state index contributed by atoms with van der Waals surface area (Å²) in [6.07, 6.45) is 4.00. The molecule has 2 aliphatic heterocycles. The summed E-state index contributed by atoms with van der Waals surface area (Å²) in [5.41, 5.74) is 4.00. The van der Waals surface area contributed by atoms with Crippen LogP contribution in [0.15, 0.2) is 28.6 Å². The van der Waals surface area contributed by atoms with Gasteiger partial charge in [0.15, 0.2) is 5.78 Å². The number of fused-ring (bicyclic) bond motifs is 2. The predicted molar refractivity (Wildman–Crippen MR) is 142 cm³/mol. The minimum atomic E-state index is -0.457. The molecule has 2 aromatic rings. The number of nitrogens with zero attached hydrogens (tertiary/aromatic N) is 4. The highest BCUT2D eigenvalue weighted by molar-refractivity contribution is 7.98. The molecule has 3 heterocycles. The highest BCUT2D eigenvalue weighted by Gasteiger charge is 2.45. The Hall–Kier alpha value is -2.81. The van der Waals surface area contributed by atoms with E-state index in [0.29, 0.717) is 23.3 Å². The number of ketones is 1. The summed E-state index contributed by atoms with van der Waals surface area (Å²) < 4.78 is 7.77. The van der Waals surface area contributed by atoms with Crippen molar-refractivity contribution in [2.45, 2.75) is 83.5 Å². The summed E-state index contributed by atoms with van der Waals surface area (Å²) in [4.78, 5) is 33.0. The Bertz CT molecular complexity index is 1310. The lowest BCUT2D eigenvalue weighted by Gasteiger charge is -2.46. The van der Waals surface area contributed by atoms with E-state index in [0.717, 1.165) is 40.9 Å². The number of carbonyl (C=O) groups is 2. The Morgan fingerprint density at radius 1 is 1.19 bits per heavy atom. The molecule has 8 nitrogen and oxygen atoms in total. The van der Waals surface area contributed by atoms with Crippen LogP contribution in [0.1, 0.15) is 83.9 Å². The quantitative estimate of drug-likeness (QED) is 0.561. The van der Waals surface area contributed by atoms with E-state index in [1.54, 1.807) is 14.0 Å². The summed E-state index contributed by atoms with van der Waals surface area (Å²) in [7, 11) is 1.64. The molecule has 1 aromatic carbocycles. The van der Waals surface area contributed by atoms with Gasteiger partial charge in [-0.1, -0.05) is 32.5 Å². The third kappa shape index (κ3) is 3.83. The Kier molecular flexibility index (Phi) is 5.78. The summed E-state index contributed by atoms with van der Waals surface area (Å²) in [5, 5.41) is 8.83. The van der Waals surface area contributed by atoms with Gasteiger partial charge in [0.05, 0.1) is 12.8 Å². The van der Waals surface area contributed by atoms with Crippen LogP contribution in [-0.2, 0) is 9.59 Å². The van der Waals surface area contributed by atoms with E-state index in [4.69, 9.17) is 9.84 Å². The molecular weight excluding hydrogens is 474 g/mol. The Balaban J connectivity index is 1.76. The van der Waals surface area contributed by atoms with Gasteiger partial charge in [0.25, 0.3) is 0 Å². The van der Waals surface area contributed by atoms with Crippen molar-refractivity contribution in [1.82, 2.24) is 14.8 Å². The zero-order valence-corrected chi connectivity index (χ0v) is 23.2. The van der Waals surface area contributed by atoms with Crippen molar-refractivity contribution in [1.29, 1.82) is 0 Å². The maximum atomic E-state index is 13.6. The summed E-state index contributed by atoms with van der Waals surface area (Å²) in [6, 6.07) is 3.64. The van der Waals surface area contributed by atoms with Crippen molar-refractivity contribution in [2.75, 3.05) is 23.6 Å². The lowest BCUT2D eigenvalue weighted by molar-refractivity contribution is -0.119. The number of carbonyl (C=O) groups excluding carboxylic acids is 2. The molecule has 0 spiro atoms. The molecule has 2 atom stereocenters. The van der Waals surface area contributed by atoms with E-state index >= 15 is 0 Å². The molecule has 36 heavy (non-hydrogen) atoms. The summed E-state index contributed by atoms with van der Waals surface area (Å²) in [5.74, 6) is 1.61. The predicted octanol–water partition coefficient (Wildman–Crippen LogP) is 5.31. The van der Waals surface area contributed by atoms with Crippen LogP contribution < -0.4 is 15.0 Å². The van der Waals surface area contributed by atoms with Crippen molar-refractivity contribution in [3.63, 3.8) is 0 Å². The fraction of sp³-hybridized carbons (Fsp3) is 0.556. The highest BCUT2D eigenvalue weighted by Crippen LogP contribution is 2.51. The number of hydrogen-bond acceptors (Lipinski definition) is 7. The number of allylic oxidation sites excluding steroid dienone is 2. The maximum absolute atomic E-state index is 13.6. The van der Waals surface area contributed by atoms with Crippen LogP contribution in [0.3, 0.4) is 0 Å². The van der Waals surface area contributed by atoms with Gasteiger partial charge in [-0.3, -0.25) is 9.59 Å². The molecule has 3 aliphatic rings. The maximum Gasteiger partial charge on any atom is 0.227 e. The smallest absolute Gasteiger partial charge is 0.227 e. The number of hydrogen-bond donors (Lipinski definition) is 1. The molecule has 5 rings (SSSR count). The Morgan fingerprint density at radius 2 is 1.92 bits per heavy atom. The normalized spacial score (nSPS) is 24.0. The van der Waals surface area contributed by atoms with Crippen LogP contribution in [-0.4, -0.2) is 45.4 Å². The lowest BCUT2D eigenvalue weighted by Crippen LogP contribution is -2.50. The Labute approximate surface area is 216 Å². The average molecular weight is 510 g/mol. The van der Waals surface area contributed by atoms with Crippen molar-refractivity contribution in [3.05, 3.63) is 34.5 Å². The van der Waals surface area contributed by atoms with E-state index in [9.17, 15) is 9.59 Å². The van der Waals surface area contributed by atoms with Gasteiger partial charge in [-0.25, -0.2) is 4.68 Å². The van der Waals surface area contributed by atoms with E-state index in [1.165, 1.54) is 11.8 Å². The molecule has 0 radical (unpaired) electrons. The monoisotopic (exact) mass is 509 g/mol. The lowest BCUT2D eigenvalue weighted by atomic mass is 9.72. The van der Waals surface area contributed by atoms with Gasteiger partial charge in [0, 0.05) is 41.8 Å². The van der Waals surface area contributed by atoms with E-state index in [-0.39, 0.29) is 28.6 Å². The molecule has 1 aliphatic carbocycles. The van der Waals surface area contributed by atoms with Crippen LogP contribution in [0.5, 0.6) is 5.75 Å². The first-order valence-electron chi connectivity index (χ1n) is 12.4. The summed E-state index contributed by atoms with van der Waals surface area (Å²) in [6.45, 7) is 12.3. The number of amides is 1. The third-order valence-electron chi connectivity index (χ3n) is 7.67. The highest BCUT2D eigenvalue weighted by atomic mass is 32.2. The van der Waals surface area contributed by atoms with Crippen molar-refractivity contribution >= 4 is 35.1 Å². The van der Waals surface area contributed by atoms with Gasteiger partial charge in [-0.15, -0.1) is 5.10 Å². The first kappa shape index (κ1) is 24.9. The molecule has 2 unspecified atom stereocenters. The van der Waals surface area contributed by atoms with Gasteiger partial charge < -0.3 is 15.0 Å². The molecule has 1 amide bonds. The molecule has 0 saturated heterocycles. The van der Waals surface area contributed by atoms with Gasteiger partial charge in [-0.05, 0) is 55.9 Å². The van der Waals surface area contributed by atoms with E-state index in [2.05, 4.69) is 51.0 Å². The minimum absolute atomic E-state index is 0.00248. The largest absolute Gasteiger partial charge is 0.496 e. The second kappa shape index (κ2) is 8.36. The average Bonchev–Trinajstić information content (AvgIpc) is 3.18. The Morgan fingerprint density at radius 3 is 2.56 bits per heavy atom. The number of benzene rings is 1. The van der Waals surface area contributed by atoms with Crippen LogP contribution >= 0.6 is 11.8 Å². The topological polar surface area (TPSA) is 89.3 Å². The number of rotatable bonds is 3. The zero-order chi connectivity index (χ0) is 26.2. The number of Topliss-reactive ketones (excluding diaryl/α,β-unsaturated/α-hetero) is 1. The minimum Gasteiger partial charge on any atom is -0.496 e. The standard InChI is InChI=1S/C27H35N5O3S/c1-14-11-27(5,6)31(15(2)33)19-10-21(35-7)17(9-16(14)19)23-22-18(12-26(3,4)13-20(22)34)28-24-29-25(36-8)30-32(23)24/h9-10,14,23H,11-13H2,1-8H3,(H,28,29,30). The molecule has 1 aromatic heterocycles. The van der Waals surface area contributed by atoms with Crippen molar-refractivity contribution < 1.29 is 14.3 Å². The number of anilines is 2. The molecule has 0 fully saturated rings. The molecule has 0 saturated carbocycles. The SMILES string of the molecule is COc1cc2c(cc1C1C3=C(CC(C)(C)CC3=O)Nc3nc(SC)nn31)C(C)CC(C)(C)N2C(C)=O. The number of nitrogens with one attached hydrogen (secondary N) is 1. The van der Waals surface area contributed by atoms with Crippen molar-refractivity contribution in [3.8, 4) is 5.75 Å². The van der Waals surface area contributed by atoms with Crippen LogP contribution in [0.25, 0.3) is 0 Å². The number of ether oxygens (including phenoxy) is 1.